The maximum absolute atomic E-state index is 12.5. The molecule has 1 saturated heterocycles. The van der Waals surface area contributed by atoms with Crippen LogP contribution in [-0.2, 0) is 14.8 Å². The zero-order chi connectivity index (χ0) is 20.3. The Bertz CT molecular complexity index is 959. The van der Waals surface area contributed by atoms with E-state index in [1.807, 2.05) is 24.3 Å². The van der Waals surface area contributed by atoms with Crippen molar-refractivity contribution in [2.75, 3.05) is 40.4 Å². The molecule has 0 saturated carbocycles. The second-order valence-corrected chi connectivity index (χ2v) is 9.41. The van der Waals surface area contributed by atoms with Gasteiger partial charge in [-0.05, 0) is 55.3 Å². The first kappa shape index (κ1) is 20.8. The molecular formula is C19H21Cl2N3O3S. The third-order valence-corrected chi connectivity index (χ3v) is 6.15. The minimum atomic E-state index is -3.72. The van der Waals surface area contributed by atoms with Crippen molar-refractivity contribution in [3.8, 4) is 0 Å². The molecule has 2 aromatic rings. The Hall–Kier alpha value is -1.96. The van der Waals surface area contributed by atoms with Crippen molar-refractivity contribution in [2.24, 2.45) is 0 Å². The van der Waals surface area contributed by atoms with E-state index >= 15 is 0 Å². The van der Waals surface area contributed by atoms with E-state index in [0.29, 0.717) is 10.7 Å². The number of benzene rings is 2. The molecule has 1 N–H and O–H groups in total. The summed E-state index contributed by atoms with van der Waals surface area (Å²) >= 11 is 12.0. The Morgan fingerprint density at radius 3 is 2.32 bits per heavy atom. The highest BCUT2D eigenvalue weighted by molar-refractivity contribution is 7.92. The normalized spacial score (nSPS) is 14.2. The Morgan fingerprint density at radius 2 is 1.75 bits per heavy atom. The number of nitrogens with one attached hydrogen (secondary N) is 1. The maximum Gasteiger partial charge on any atom is 0.245 e. The molecule has 1 aliphatic heterocycles. The SMILES string of the molecule is CS(=O)(=O)N(CC(=O)Nc1ccc(N2CCCC2)cc1)c1ccc(Cl)cc1Cl. The fourth-order valence-corrected chi connectivity index (χ4v) is 4.56. The third kappa shape index (κ3) is 5.10. The molecule has 0 radical (unpaired) electrons. The van der Waals surface area contributed by atoms with Gasteiger partial charge in [-0.2, -0.15) is 0 Å². The van der Waals surface area contributed by atoms with Gasteiger partial charge in [-0.1, -0.05) is 23.2 Å². The van der Waals surface area contributed by atoms with Gasteiger partial charge in [0, 0.05) is 29.5 Å². The molecule has 0 spiro atoms. The van der Waals surface area contributed by atoms with Gasteiger partial charge in [0.25, 0.3) is 0 Å². The lowest BCUT2D eigenvalue weighted by Crippen LogP contribution is -2.37. The van der Waals surface area contributed by atoms with Crippen LogP contribution in [-0.4, -0.2) is 40.2 Å². The van der Waals surface area contributed by atoms with E-state index in [-0.39, 0.29) is 10.7 Å². The number of rotatable bonds is 6. The van der Waals surface area contributed by atoms with Crippen molar-refractivity contribution in [1.29, 1.82) is 0 Å². The number of hydrogen-bond acceptors (Lipinski definition) is 4. The molecule has 9 heteroatoms. The molecule has 1 amide bonds. The van der Waals surface area contributed by atoms with Crippen LogP contribution in [0.5, 0.6) is 0 Å². The van der Waals surface area contributed by atoms with Gasteiger partial charge in [0.05, 0.1) is 17.0 Å². The molecular weight excluding hydrogens is 421 g/mol. The van der Waals surface area contributed by atoms with Gasteiger partial charge >= 0.3 is 0 Å². The molecule has 0 aromatic heterocycles. The minimum absolute atomic E-state index is 0.153. The number of carbonyl (C=O) groups excluding carboxylic acids is 1. The predicted octanol–water partition coefficient (Wildman–Crippen LogP) is 4.00. The lowest BCUT2D eigenvalue weighted by molar-refractivity contribution is -0.114. The summed E-state index contributed by atoms with van der Waals surface area (Å²) in [5.74, 6) is -0.467. The van der Waals surface area contributed by atoms with Crippen LogP contribution >= 0.6 is 23.2 Å². The number of sulfonamides is 1. The molecule has 150 valence electrons. The van der Waals surface area contributed by atoms with E-state index in [2.05, 4.69) is 10.2 Å². The lowest BCUT2D eigenvalue weighted by atomic mass is 10.2. The number of halogens is 2. The molecule has 2 aromatic carbocycles. The highest BCUT2D eigenvalue weighted by atomic mass is 35.5. The highest BCUT2D eigenvalue weighted by Gasteiger charge is 2.23. The van der Waals surface area contributed by atoms with Crippen LogP contribution in [0.25, 0.3) is 0 Å². The summed E-state index contributed by atoms with van der Waals surface area (Å²) in [5.41, 5.74) is 1.91. The molecule has 0 aliphatic carbocycles. The van der Waals surface area contributed by atoms with E-state index in [9.17, 15) is 13.2 Å². The molecule has 6 nitrogen and oxygen atoms in total. The van der Waals surface area contributed by atoms with Crippen molar-refractivity contribution < 1.29 is 13.2 Å². The molecule has 0 unspecified atom stereocenters. The zero-order valence-corrected chi connectivity index (χ0v) is 17.7. The topological polar surface area (TPSA) is 69.7 Å². The summed E-state index contributed by atoms with van der Waals surface area (Å²) in [5, 5.41) is 3.26. The van der Waals surface area contributed by atoms with Crippen molar-refractivity contribution in [3.05, 3.63) is 52.5 Å². The number of hydrogen-bond donors (Lipinski definition) is 1. The van der Waals surface area contributed by atoms with Crippen LogP contribution in [0.2, 0.25) is 10.0 Å². The van der Waals surface area contributed by atoms with E-state index in [4.69, 9.17) is 23.2 Å². The van der Waals surface area contributed by atoms with E-state index in [1.54, 1.807) is 0 Å². The number of anilines is 3. The largest absolute Gasteiger partial charge is 0.372 e. The number of carbonyl (C=O) groups is 1. The lowest BCUT2D eigenvalue weighted by Gasteiger charge is -2.23. The van der Waals surface area contributed by atoms with Gasteiger partial charge < -0.3 is 10.2 Å². The fraction of sp³-hybridized carbons (Fsp3) is 0.316. The standard InChI is InChI=1S/C19H21Cl2N3O3S/c1-28(26,27)24(18-9-4-14(20)12-17(18)21)13-19(25)22-15-5-7-16(8-6-15)23-10-2-3-11-23/h4-9,12H,2-3,10-11,13H2,1H3,(H,22,25). The minimum Gasteiger partial charge on any atom is -0.372 e. The summed E-state index contributed by atoms with van der Waals surface area (Å²) in [4.78, 5) is 14.8. The van der Waals surface area contributed by atoms with Gasteiger partial charge in [-0.15, -0.1) is 0 Å². The van der Waals surface area contributed by atoms with Crippen LogP contribution in [0.1, 0.15) is 12.8 Å². The summed E-state index contributed by atoms with van der Waals surface area (Å²) < 4.78 is 25.4. The Labute approximate surface area is 175 Å². The quantitative estimate of drug-likeness (QED) is 0.735. The highest BCUT2D eigenvalue weighted by Crippen LogP contribution is 2.30. The number of amides is 1. The smallest absolute Gasteiger partial charge is 0.245 e. The Kier molecular flexibility index (Phi) is 6.37. The average Bonchev–Trinajstić information content (AvgIpc) is 3.15. The van der Waals surface area contributed by atoms with Gasteiger partial charge in [-0.25, -0.2) is 8.42 Å². The van der Waals surface area contributed by atoms with Crippen molar-refractivity contribution in [3.63, 3.8) is 0 Å². The van der Waals surface area contributed by atoms with Crippen molar-refractivity contribution in [2.45, 2.75) is 12.8 Å². The van der Waals surface area contributed by atoms with Gasteiger partial charge in [0.1, 0.15) is 6.54 Å². The Balaban J connectivity index is 1.72. The number of nitrogens with zero attached hydrogens (tertiary/aromatic N) is 2. The fourth-order valence-electron chi connectivity index (χ4n) is 3.13. The summed E-state index contributed by atoms with van der Waals surface area (Å²) in [6.45, 7) is 1.68. The second kappa shape index (κ2) is 8.59. The Morgan fingerprint density at radius 1 is 1.11 bits per heavy atom. The van der Waals surface area contributed by atoms with Gasteiger partial charge in [0.2, 0.25) is 15.9 Å². The van der Waals surface area contributed by atoms with Crippen molar-refractivity contribution >= 4 is 56.2 Å². The first-order valence-corrected chi connectivity index (χ1v) is 11.4. The predicted molar refractivity (Wildman–Crippen MR) is 115 cm³/mol. The molecule has 28 heavy (non-hydrogen) atoms. The average molecular weight is 442 g/mol. The summed E-state index contributed by atoms with van der Waals surface area (Å²) in [6.07, 6.45) is 3.40. The third-order valence-electron chi connectivity index (χ3n) is 4.49. The second-order valence-electron chi connectivity index (χ2n) is 6.65. The summed E-state index contributed by atoms with van der Waals surface area (Å²) in [6, 6.07) is 12.0. The van der Waals surface area contributed by atoms with Crippen LogP contribution in [0.15, 0.2) is 42.5 Å². The molecule has 1 heterocycles. The summed E-state index contributed by atoms with van der Waals surface area (Å²) in [7, 11) is -3.72. The molecule has 1 aliphatic rings. The molecule has 1 fully saturated rings. The molecule has 0 bridgehead atoms. The van der Waals surface area contributed by atoms with Crippen LogP contribution in [0, 0.1) is 0 Å². The van der Waals surface area contributed by atoms with Crippen molar-refractivity contribution in [1.82, 2.24) is 0 Å². The van der Waals surface area contributed by atoms with Crippen LogP contribution < -0.4 is 14.5 Å². The first-order chi connectivity index (χ1) is 13.2. The van der Waals surface area contributed by atoms with Crippen LogP contribution in [0.4, 0.5) is 17.1 Å². The monoisotopic (exact) mass is 441 g/mol. The van der Waals surface area contributed by atoms with E-state index in [1.165, 1.54) is 31.0 Å². The zero-order valence-electron chi connectivity index (χ0n) is 15.4. The van der Waals surface area contributed by atoms with Crippen LogP contribution in [0.3, 0.4) is 0 Å². The molecule has 3 rings (SSSR count). The maximum atomic E-state index is 12.5. The van der Waals surface area contributed by atoms with Gasteiger partial charge in [0.15, 0.2) is 0 Å². The van der Waals surface area contributed by atoms with E-state index in [0.717, 1.165) is 29.3 Å². The van der Waals surface area contributed by atoms with Gasteiger partial charge in [-0.3, -0.25) is 9.10 Å². The van der Waals surface area contributed by atoms with E-state index < -0.39 is 22.5 Å². The first-order valence-electron chi connectivity index (χ1n) is 8.82. The molecule has 0 atom stereocenters.